The van der Waals surface area contributed by atoms with E-state index in [1.165, 1.54) is 6.07 Å². The molecule has 0 aromatic heterocycles. The Labute approximate surface area is 122 Å². The Balaban J connectivity index is 2.04. The maximum absolute atomic E-state index is 12.3. The Hall–Kier alpha value is -2.49. The molecule has 0 saturated carbocycles. The van der Waals surface area contributed by atoms with Gasteiger partial charge in [0.2, 0.25) is 0 Å². The van der Waals surface area contributed by atoms with Crippen molar-refractivity contribution in [1.29, 1.82) is 0 Å². The van der Waals surface area contributed by atoms with Crippen LogP contribution in [0.3, 0.4) is 0 Å². The van der Waals surface area contributed by atoms with Crippen LogP contribution in [-0.2, 0) is 0 Å². The number of phenols is 2. The van der Waals surface area contributed by atoms with Crippen molar-refractivity contribution in [2.24, 2.45) is 0 Å². The maximum Gasteiger partial charge on any atom is 0.174 e. The Morgan fingerprint density at radius 3 is 2.62 bits per heavy atom. The van der Waals surface area contributed by atoms with Gasteiger partial charge in [-0.25, -0.2) is 0 Å². The zero-order chi connectivity index (χ0) is 15.1. The number of carbonyl (C=O) groups is 1. The summed E-state index contributed by atoms with van der Waals surface area (Å²) in [5.74, 6) is -0.318. The van der Waals surface area contributed by atoms with Crippen LogP contribution in [0.15, 0.2) is 30.3 Å². The molecule has 0 saturated heterocycles. The number of ether oxygens (including phenoxy) is 1. The number of rotatable bonds is 1. The number of carbonyl (C=O) groups excluding carboxylic acids is 1. The van der Waals surface area contributed by atoms with Crippen LogP contribution in [0, 0.1) is 13.8 Å². The molecule has 4 nitrogen and oxygen atoms in total. The van der Waals surface area contributed by atoms with Gasteiger partial charge in [0.25, 0.3) is 0 Å². The highest BCUT2D eigenvalue weighted by atomic mass is 16.5. The number of benzene rings is 2. The van der Waals surface area contributed by atoms with Gasteiger partial charge in [-0.15, -0.1) is 0 Å². The van der Waals surface area contributed by atoms with Crippen LogP contribution in [0.2, 0.25) is 0 Å². The van der Waals surface area contributed by atoms with Crippen LogP contribution in [-0.4, -0.2) is 16.0 Å². The average Bonchev–Trinajstić information content (AvgIpc) is 2.36. The lowest BCUT2D eigenvalue weighted by Crippen LogP contribution is -2.21. The zero-order valence-electron chi connectivity index (χ0n) is 11.9. The van der Waals surface area contributed by atoms with E-state index in [4.69, 9.17) is 4.74 Å². The molecule has 0 radical (unpaired) electrons. The number of fused-ring (bicyclic) bond motifs is 1. The van der Waals surface area contributed by atoms with Gasteiger partial charge in [-0.1, -0.05) is 23.8 Å². The molecule has 1 aliphatic rings. The lowest BCUT2D eigenvalue weighted by atomic mass is 9.92. The van der Waals surface area contributed by atoms with E-state index >= 15 is 0 Å². The van der Waals surface area contributed by atoms with Gasteiger partial charge in [0.1, 0.15) is 28.9 Å². The second-order valence-electron chi connectivity index (χ2n) is 5.43. The highest BCUT2D eigenvalue weighted by molar-refractivity contribution is 6.02. The minimum atomic E-state index is -0.396. The third kappa shape index (κ3) is 2.33. The minimum Gasteiger partial charge on any atom is -0.508 e. The Kier molecular flexibility index (Phi) is 3.09. The monoisotopic (exact) mass is 284 g/mol. The van der Waals surface area contributed by atoms with Crippen LogP contribution >= 0.6 is 0 Å². The number of aryl methyl sites for hydroxylation is 2. The summed E-state index contributed by atoms with van der Waals surface area (Å²) in [6.07, 6.45) is -0.221. The van der Waals surface area contributed by atoms with E-state index in [-0.39, 0.29) is 35.0 Å². The van der Waals surface area contributed by atoms with Crippen LogP contribution in [0.4, 0.5) is 0 Å². The molecule has 1 atom stereocenters. The van der Waals surface area contributed by atoms with Crippen LogP contribution in [0.5, 0.6) is 17.2 Å². The number of hydrogen-bond acceptors (Lipinski definition) is 4. The predicted octanol–water partition coefficient (Wildman–Crippen LogP) is 3.42. The first kappa shape index (κ1) is 13.5. The van der Waals surface area contributed by atoms with Crippen molar-refractivity contribution in [3.63, 3.8) is 0 Å². The number of aromatic hydroxyl groups is 2. The van der Waals surface area contributed by atoms with E-state index in [0.29, 0.717) is 0 Å². The van der Waals surface area contributed by atoms with Gasteiger partial charge in [0.05, 0.1) is 6.42 Å². The van der Waals surface area contributed by atoms with Crippen molar-refractivity contribution in [3.05, 3.63) is 52.6 Å². The van der Waals surface area contributed by atoms with Crippen molar-refractivity contribution in [2.75, 3.05) is 0 Å². The summed E-state index contributed by atoms with van der Waals surface area (Å²) in [6, 6.07) is 8.49. The first-order valence-electron chi connectivity index (χ1n) is 6.78. The van der Waals surface area contributed by atoms with Crippen molar-refractivity contribution in [3.8, 4) is 17.2 Å². The van der Waals surface area contributed by atoms with Gasteiger partial charge in [0.15, 0.2) is 5.78 Å². The third-order valence-corrected chi connectivity index (χ3v) is 3.76. The third-order valence-electron chi connectivity index (χ3n) is 3.76. The zero-order valence-corrected chi connectivity index (χ0v) is 11.9. The van der Waals surface area contributed by atoms with Gasteiger partial charge < -0.3 is 14.9 Å². The molecule has 1 heterocycles. The molecular weight excluding hydrogens is 268 g/mol. The fourth-order valence-corrected chi connectivity index (χ4v) is 2.79. The van der Waals surface area contributed by atoms with E-state index in [0.717, 1.165) is 22.8 Å². The smallest absolute Gasteiger partial charge is 0.174 e. The molecule has 2 aromatic rings. The van der Waals surface area contributed by atoms with Gasteiger partial charge >= 0.3 is 0 Å². The summed E-state index contributed by atoms with van der Waals surface area (Å²) in [6.45, 7) is 3.99. The first-order chi connectivity index (χ1) is 9.95. The first-order valence-corrected chi connectivity index (χ1v) is 6.78. The van der Waals surface area contributed by atoms with E-state index < -0.39 is 6.10 Å². The lowest BCUT2D eigenvalue weighted by molar-refractivity contribution is 0.0844. The molecule has 0 aliphatic carbocycles. The van der Waals surface area contributed by atoms with Crippen LogP contribution in [0.25, 0.3) is 0 Å². The number of ketones is 1. The largest absolute Gasteiger partial charge is 0.508 e. The van der Waals surface area contributed by atoms with E-state index in [2.05, 4.69) is 0 Å². The van der Waals surface area contributed by atoms with Crippen LogP contribution in [0.1, 0.15) is 39.6 Å². The molecule has 1 unspecified atom stereocenters. The fraction of sp³-hybridized carbons (Fsp3) is 0.235. The van der Waals surface area contributed by atoms with Gasteiger partial charge in [0, 0.05) is 12.1 Å². The molecule has 0 bridgehead atoms. The standard InChI is InChI=1S/C17H16O4/c1-9-3-4-12(10(2)5-9)15-8-14(20)17-13(19)6-11(18)7-16(17)21-15/h3-7,15,18-19H,8H2,1-2H3. The summed E-state index contributed by atoms with van der Waals surface area (Å²) in [5, 5.41) is 19.3. The molecule has 1 aliphatic heterocycles. The van der Waals surface area contributed by atoms with Crippen molar-refractivity contribution < 1.29 is 19.7 Å². The molecule has 4 heteroatoms. The number of Topliss-reactive ketones (excluding diaryl/α,β-unsaturated/α-hetero) is 1. The van der Waals surface area contributed by atoms with Gasteiger partial charge in [-0.2, -0.15) is 0 Å². The van der Waals surface area contributed by atoms with E-state index in [1.807, 2.05) is 32.0 Å². The second kappa shape index (κ2) is 4.81. The summed E-state index contributed by atoms with van der Waals surface area (Å²) >= 11 is 0. The number of hydrogen-bond donors (Lipinski definition) is 2. The predicted molar refractivity (Wildman–Crippen MR) is 78.0 cm³/mol. The molecule has 2 aromatic carbocycles. The Morgan fingerprint density at radius 1 is 1.14 bits per heavy atom. The van der Waals surface area contributed by atoms with Gasteiger partial charge in [-0.3, -0.25) is 4.79 Å². The lowest BCUT2D eigenvalue weighted by Gasteiger charge is -2.27. The molecule has 2 N–H and O–H groups in total. The van der Waals surface area contributed by atoms with Crippen molar-refractivity contribution >= 4 is 5.78 Å². The summed E-state index contributed by atoms with van der Waals surface area (Å²) in [5.41, 5.74) is 3.30. The van der Waals surface area contributed by atoms with Crippen molar-refractivity contribution in [2.45, 2.75) is 26.4 Å². The summed E-state index contributed by atoms with van der Waals surface area (Å²) in [7, 11) is 0. The second-order valence-corrected chi connectivity index (χ2v) is 5.43. The Morgan fingerprint density at radius 2 is 1.90 bits per heavy atom. The SMILES string of the molecule is Cc1ccc(C2CC(=O)c3c(O)cc(O)cc3O2)c(C)c1. The molecule has 3 rings (SSSR count). The highest BCUT2D eigenvalue weighted by Gasteiger charge is 2.31. The van der Waals surface area contributed by atoms with Gasteiger partial charge in [-0.05, 0) is 25.0 Å². The van der Waals surface area contributed by atoms with E-state index in [9.17, 15) is 15.0 Å². The van der Waals surface area contributed by atoms with E-state index in [1.54, 1.807) is 0 Å². The molecule has 108 valence electrons. The average molecular weight is 284 g/mol. The molecule has 0 spiro atoms. The molecule has 0 fully saturated rings. The molecule has 21 heavy (non-hydrogen) atoms. The fourth-order valence-electron chi connectivity index (χ4n) is 2.79. The normalized spacial score (nSPS) is 17.2. The summed E-state index contributed by atoms with van der Waals surface area (Å²) in [4.78, 5) is 12.3. The molecular formula is C17H16O4. The highest BCUT2D eigenvalue weighted by Crippen LogP contribution is 2.42. The summed E-state index contributed by atoms with van der Waals surface area (Å²) < 4.78 is 5.83. The Bertz CT molecular complexity index is 734. The quantitative estimate of drug-likeness (QED) is 0.842. The molecule has 0 amide bonds. The maximum atomic E-state index is 12.3. The van der Waals surface area contributed by atoms with Crippen LogP contribution < -0.4 is 4.74 Å². The minimum absolute atomic E-state index is 0.125. The van der Waals surface area contributed by atoms with Crippen molar-refractivity contribution in [1.82, 2.24) is 0 Å². The number of phenolic OH excluding ortho intramolecular Hbond substituents is 2. The topological polar surface area (TPSA) is 66.8 Å².